The zero-order valence-corrected chi connectivity index (χ0v) is 12.8. The van der Waals surface area contributed by atoms with Gasteiger partial charge < -0.3 is 0 Å². The summed E-state index contributed by atoms with van der Waals surface area (Å²) >= 11 is 0. The van der Waals surface area contributed by atoms with Gasteiger partial charge in [-0.05, 0) is 42.2 Å². The fourth-order valence-corrected chi connectivity index (χ4v) is 2.43. The van der Waals surface area contributed by atoms with Crippen molar-refractivity contribution in [3.8, 4) is 0 Å². The third kappa shape index (κ3) is 3.57. The first kappa shape index (κ1) is 15.2. The lowest BCUT2D eigenvalue weighted by Crippen LogP contribution is -2.19. The molecule has 0 spiro atoms. The summed E-state index contributed by atoms with van der Waals surface area (Å²) in [5.74, 6) is 0.784. The van der Waals surface area contributed by atoms with Crippen molar-refractivity contribution in [2.24, 2.45) is 5.92 Å². The van der Waals surface area contributed by atoms with E-state index in [-0.39, 0.29) is 0 Å². The molecule has 0 N–H and O–H groups in total. The van der Waals surface area contributed by atoms with Gasteiger partial charge in [0, 0.05) is 11.9 Å². The van der Waals surface area contributed by atoms with E-state index in [4.69, 9.17) is 0 Å². The molecular weight excluding hydrogens is 218 g/mol. The Morgan fingerprint density at radius 2 is 1.67 bits per heavy atom. The quantitative estimate of drug-likeness (QED) is 0.650. The van der Waals surface area contributed by atoms with Gasteiger partial charge in [-0.25, -0.2) is 0 Å². The molecule has 1 rings (SSSR count). The zero-order chi connectivity index (χ0) is 13.6. The van der Waals surface area contributed by atoms with Gasteiger partial charge in [-0.1, -0.05) is 53.5 Å². The van der Waals surface area contributed by atoms with Gasteiger partial charge in [0.1, 0.15) is 0 Å². The van der Waals surface area contributed by atoms with Gasteiger partial charge in [-0.15, -0.1) is 0 Å². The zero-order valence-electron chi connectivity index (χ0n) is 12.8. The smallest absolute Gasteiger partial charge is 0.0406 e. The maximum atomic E-state index is 4.68. The second-order valence-corrected chi connectivity index (χ2v) is 5.69. The van der Waals surface area contributed by atoms with E-state index in [0.717, 1.165) is 12.3 Å². The Morgan fingerprint density at radius 3 is 2.06 bits per heavy atom. The largest absolute Gasteiger partial charge is 0.261 e. The van der Waals surface area contributed by atoms with E-state index in [9.17, 15) is 0 Å². The van der Waals surface area contributed by atoms with Crippen LogP contribution in [0.15, 0.2) is 18.3 Å². The topological polar surface area (TPSA) is 12.9 Å². The van der Waals surface area contributed by atoms with Crippen LogP contribution in [0.25, 0.3) is 0 Å². The number of hydrogen-bond donors (Lipinski definition) is 0. The molecule has 1 heterocycles. The highest BCUT2D eigenvalue weighted by molar-refractivity contribution is 5.23. The lowest BCUT2D eigenvalue weighted by atomic mass is 9.78. The molecule has 0 unspecified atom stereocenters. The van der Waals surface area contributed by atoms with Crippen molar-refractivity contribution in [3.63, 3.8) is 0 Å². The van der Waals surface area contributed by atoms with Crippen molar-refractivity contribution in [1.29, 1.82) is 0 Å². The molecule has 0 saturated carbocycles. The van der Waals surface area contributed by atoms with Gasteiger partial charge in [-0.3, -0.25) is 4.98 Å². The number of nitrogens with zero attached hydrogens (tertiary/aromatic N) is 1. The molecule has 1 heteroatoms. The van der Waals surface area contributed by atoms with Crippen LogP contribution in [0.4, 0.5) is 0 Å². The predicted molar refractivity (Wildman–Crippen MR) is 79.9 cm³/mol. The Morgan fingerprint density at radius 1 is 1.06 bits per heavy atom. The normalized spacial score (nSPS) is 12.1. The molecule has 0 fully saturated rings. The molecule has 18 heavy (non-hydrogen) atoms. The average molecular weight is 247 g/mol. The lowest BCUT2D eigenvalue weighted by Gasteiger charge is -2.27. The van der Waals surface area contributed by atoms with Crippen LogP contribution in [-0.4, -0.2) is 4.98 Å². The van der Waals surface area contributed by atoms with E-state index in [1.54, 1.807) is 0 Å². The van der Waals surface area contributed by atoms with Crippen LogP contribution in [0.2, 0.25) is 0 Å². The van der Waals surface area contributed by atoms with Crippen molar-refractivity contribution in [1.82, 2.24) is 4.98 Å². The van der Waals surface area contributed by atoms with Crippen molar-refractivity contribution >= 4 is 0 Å². The maximum Gasteiger partial charge on any atom is 0.0406 e. The molecule has 0 atom stereocenters. The fraction of sp³-hybridized carbons (Fsp3) is 0.706. The summed E-state index contributed by atoms with van der Waals surface area (Å²) in [6, 6.07) is 4.52. The van der Waals surface area contributed by atoms with Crippen LogP contribution in [0.1, 0.15) is 71.6 Å². The first-order chi connectivity index (χ1) is 8.59. The minimum atomic E-state index is 0.292. The molecule has 102 valence electrons. The minimum Gasteiger partial charge on any atom is -0.261 e. The molecular formula is C17H29N. The van der Waals surface area contributed by atoms with Crippen molar-refractivity contribution in [2.45, 2.75) is 72.1 Å². The van der Waals surface area contributed by atoms with Gasteiger partial charge in [0.25, 0.3) is 0 Å². The van der Waals surface area contributed by atoms with Gasteiger partial charge >= 0.3 is 0 Å². The Hall–Kier alpha value is -0.850. The SMILES string of the molecule is CCC(CC)Cc1ccc(C(C)(CC)CC)cn1. The first-order valence-corrected chi connectivity index (χ1v) is 7.54. The lowest BCUT2D eigenvalue weighted by molar-refractivity contribution is 0.436. The van der Waals surface area contributed by atoms with Crippen LogP contribution in [0, 0.1) is 5.92 Å². The van der Waals surface area contributed by atoms with E-state index >= 15 is 0 Å². The molecule has 0 amide bonds. The number of rotatable bonds is 7. The highest BCUT2D eigenvalue weighted by Gasteiger charge is 2.22. The number of aromatic nitrogens is 1. The van der Waals surface area contributed by atoms with Crippen LogP contribution in [-0.2, 0) is 11.8 Å². The van der Waals surface area contributed by atoms with Crippen LogP contribution in [0.3, 0.4) is 0 Å². The van der Waals surface area contributed by atoms with Gasteiger partial charge in [0.15, 0.2) is 0 Å². The molecule has 1 aromatic rings. The molecule has 0 aliphatic heterocycles. The molecule has 1 nitrogen and oxygen atoms in total. The van der Waals surface area contributed by atoms with E-state index in [1.165, 1.54) is 36.9 Å². The van der Waals surface area contributed by atoms with Gasteiger partial charge in [0.05, 0.1) is 0 Å². The predicted octanol–water partition coefficient (Wildman–Crippen LogP) is 5.14. The summed E-state index contributed by atoms with van der Waals surface area (Å²) < 4.78 is 0. The van der Waals surface area contributed by atoms with Crippen molar-refractivity contribution in [3.05, 3.63) is 29.6 Å². The van der Waals surface area contributed by atoms with Crippen LogP contribution >= 0.6 is 0 Å². The summed E-state index contributed by atoms with van der Waals surface area (Å²) in [5.41, 5.74) is 2.93. The minimum absolute atomic E-state index is 0.292. The van der Waals surface area contributed by atoms with Crippen molar-refractivity contribution in [2.75, 3.05) is 0 Å². The number of hydrogen-bond acceptors (Lipinski definition) is 1. The highest BCUT2D eigenvalue weighted by Crippen LogP contribution is 2.30. The van der Waals surface area contributed by atoms with Gasteiger partial charge in [-0.2, -0.15) is 0 Å². The maximum absolute atomic E-state index is 4.68. The molecule has 0 aromatic carbocycles. The monoisotopic (exact) mass is 247 g/mol. The summed E-state index contributed by atoms with van der Waals surface area (Å²) in [7, 11) is 0. The second kappa shape index (κ2) is 6.92. The fourth-order valence-electron chi connectivity index (χ4n) is 2.43. The Bertz CT molecular complexity index is 331. The third-order valence-corrected chi connectivity index (χ3v) is 4.73. The average Bonchev–Trinajstić information content (AvgIpc) is 2.44. The summed E-state index contributed by atoms with van der Waals surface area (Å²) in [4.78, 5) is 4.68. The van der Waals surface area contributed by atoms with Crippen LogP contribution < -0.4 is 0 Å². The van der Waals surface area contributed by atoms with E-state index in [0.29, 0.717) is 5.41 Å². The molecule has 0 bridgehead atoms. The van der Waals surface area contributed by atoms with E-state index < -0.39 is 0 Å². The Kier molecular flexibility index (Phi) is 5.84. The van der Waals surface area contributed by atoms with Gasteiger partial charge in [0.2, 0.25) is 0 Å². The third-order valence-electron chi connectivity index (χ3n) is 4.73. The molecule has 0 radical (unpaired) electrons. The van der Waals surface area contributed by atoms with Crippen LogP contribution in [0.5, 0.6) is 0 Å². The van der Waals surface area contributed by atoms with E-state index in [1.807, 2.05) is 0 Å². The second-order valence-electron chi connectivity index (χ2n) is 5.69. The summed E-state index contributed by atoms with van der Waals surface area (Å²) in [6.07, 6.45) is 8.09. The first-order valence-electron chi connectivity index (χ1n) is 7.54. The summed E-state index contributed by atoms with van der Waals surface area (Å²) in [5, 5.41) is 0. The Balaban J connectivity index is 2.79. The summed E-state index contributed by atoms with van der Waals surface area (Å²) in [6.45, 7) is 11.4. The molecule has 0 aliphatic rings. The Labute approximate surface area is 113 Å². The van der Waals surface area contributed by atoms with Crippen molar-refractivity contribution < 1.29 is 0 Å². The highest BCUT2D eigenvalue weighted by atomic mass is 14.7. The molecule has 0 saturated heterocycles. The molecule has 1 aromatic heterocycles. The standard InChI is InChI=1S/C17H29N/c1-6-14(7-2)12-16-11-10-15(13-18-16)17(5,8-3)9-4/h10-11,13-14H,6-9,12H2,1-5H3. The van der Waals surface area contributed by atoms with E-state index in [2.05, 4.69) is 57.9 Å². The number of pyridine rings is 1. The molecule has 0 aliphatic carbocycles.